The minimum absolute atomic E-state index is 0.0685. The number of aryl methyl sites for hydroxylation is 1. The molecular weight excluding hydrogens is 326 g/mol. The fraction of sp³-hybridized carbons (Fsp3) is 0.500. The third kappa shape index (κ3) is 4.00. The average molecular weight is 347 g/mol. The van der Waals surface area contributed by atoms with E-state index < -0.39 is 0 Å². The van der Waals surface area contributed by atoms with Gasteiger partial charge in [0.25, 0.3) is 0 Å². The average Bonchev–Trinajstić information content (AvgIpc) is 3.24. The Labute approximate surface area is 144 Å². The van der Waals surface area contributed by atoms with Crippen LogP contribution in [0.2, 0.25) is 0 Å². The van der Waals surface area contributed by atoms with Gasteiger partial charge in [-0.15, -0.1) is 11.3 Å². The van der Waals surface area contributed by atoms with E-state index in [-0.39, 0.29) is 17.7 Å². The summed E-state index contributed by atoms with van der Waals surface area (Å²) in [6.45, 7) is 5.30. The van der Waals surface area contributed by atoms with Crippen molar-refractivity contribution in [1.82, 2.24) is 25.2 Å². The van der Waals surface area contributed by atoms with Gasteiger partial charge in [0.2, 0.25) is 11.8 Å². The van der Waals surface area contributed by atoms with Crippen LogP contribution in [0, 0.1) is 6.92 Å². The molecule has 1 aliphatic rings. The highest BCUT2D eigenvalue weighted by Gasteiger charge is 2.29. The molecule has 0 aliphatic carbocycles. The molecule has 8 heteroatoms. The zero-order valence-corrected chi connectivity index (χ0v) is 14.7. The molecule has 1 aliphatic heterocycles. The fourth-order valence-electron chi connectivity index (χ4n) is 2.86. The summed E-state index contributed by atoms with van der Waals surface area (Å²) < 4.78 is 0. The summed E-state index contributed by atoms with van der Waals surface area (Å²) in [5.74, 6) is 1.15. The first-order chi connectivity index (χ1) is 11.5. The van der Waals surface area contributed by atoms with Gasteiger partial charge in [-0.25, -0.2) is 9.97 Å². The van der Waals surface area contributed by atoms with E-state index in [9.17, 15) is 9.59 Å². The topological polar surface area (TPSA) is 91.0 Å². The maximum absolute atomic E-state index is 12.4. The zero-order valence-electron chi connectivity index (χ0n) is 13.8. The van der Waals surface area contributed by atoms with E-state index in [0.29, 0.717) is 19.5 Å². The number of amides is 2. The highest BCUT2D eigenvalue weighted by molar-refractivity contribution is 7.09. The van der Waals surface area contributed by atoms with E-state index in [2.05, 4.69) is 20.3 Å². The molecule has 24 heavy (non-hydrogen) atoms. The fourth-order valence-corrected chi connectivity index (χ4v) is 3.47. The molecule has 2 aromatic heterocycles. The van der Waals surface area contributed by atoms with Crippen molar-refractivity contribution >= 4 is 23.2 Å². The predicted octanol–water partition coefficient (Wildman–Crippen LogP) is 1.37. The van der Waals surface area contributed by atoms with Crippen molar-refractivity contribution in [3.8, 4) is 0 Å². The number of nitrogens with zero attached hydrogens (tertiary/aromatic N) is 3. The molecule has 7 nitrogen and oxygen atoms in total. The van der Waals surface area contributed by atoms with Crippen molar-refractivity contribution in [2.75, 3.05) is 13.1 Å². The largest absolute Gasteiger partial charge is 0.351 e. The Balaban J connectivity index is 1.55. The van der Waals surface area contributed by atoms with E-state index in [0.717, 1.165) is 35.2 Å². The number of rotatable bonds is 5. The second-order valence-corrected chi connectivity index (χ2v) is 7.13. The Hall–Kier alpha value is -2.22. The number of nitrogens with one attached hydrogen (secondary N) is 2. The van der Waals surface area contributed by atoms with E-state index in [1.807, 2.05) is 17.2 Å². The van der Waals surface area contributed by atoms with Gasteiger partial charge in [-0.05, 0) is 13.3 Å². The molecule has 1 saturated heterocycles. The summed E-state index contributed by atoms with van der Waals surface area (Å²) in [4.78, 5) is 37.2. The maximum atomic E-state index is 12.4. The lowest BCUT2D eigenvalue weighted by Crippen LogP contribution is -2.30. The molecule has 1 fully saturated rings. The standard InChI is InChI=1S/C16H21N5O2S/c1-10(22)17-6-14-7-18-16(20-14)12-3-4-21(8-12)15(23)5-13-9-24-11(2)19-13/h7,9,12H,3-6,8H2,1-2H3,(H,17,22)(H,18,20)/t12-/m1/s1. The lowest BCUT2D eigenvalue weighted by atomic mass is 10.1. The van der Waals surface area contributed by atoms with Crippen LogP contribution in [0.3, 0.4) is 0 Å². The number of H-pyrrole nitrogens is 1. The smallest absolute Gasteiger partial charge is 0.228 e. The monoisotopic (exact) mass is 347 g/mol. The first kappa shape index (κ1) is 16.6. The Bertz CT molecular complexity index is 738. The normalized spacial score (nSPS) is 17.2. The number of likely N-dealkylation sites (tertiary alicyclic amines) is 1. The van der Waals surface area contributed by atoms with E-state index >= 15 is 0 Å². The number of thiazole rings is 1. The van der Waals surface area contributed by atoms with Crippen LogP contribution in [-0.2, 0) is 22.6 Å². The van der Waals surface area contributed by atoms with Crippen LogP contribution in [0.4, 0.5) is 0 Å². The minimum atomic E-state index is -0.0685. The third-order valence-corrected chi connectivity index (χ3v) is 4.92. The molecule has 2 amide bonds. The molecule has 0 spiro atoms. The molecule has 2 aromatic rings. The summed E-state index contributed by atoms with van der Waals surface area (Å²) >= 11 is 1.57. The molecule has 3 rings (SSSR count). The highest BCUT2D eigenvalue weighted by atomic mass is 32.1. The predicted molar refractivity (Wildman–Crippen MR) is 90.6 cm³/mol. The van der Waals surface area contributed by atoms with E-state index in [4.69, 9.17) is 0 Å². The highest BCUT2D eigenvalue weighted by Crippen LogP contribution is 2.25. The van der Waals surface area contributed by atoms with Crippen LogP contribution in [0.25, 0.3) is 0 Å². The van der Waals surface area contributed by atoms with E-state index in [1.54, 1.807) is 17.5 Å². The molecule has 0 radical (unpaired) electrons. The number of aromatic amines is 1. The van der Waals surface area contributed by atoms with Crippen LogP contribution in [0.1, 0.15) is 41.5 Å². The van der Waals surface area contributed by atoms with Gasteiger partial charge < -0.3 is 15.2 Å². The second-order valence-electron chi connectivity index (χ2n) is 6.06. The maximum Gasteiger partial charge on any atom is 0.228 e. The molecule has 2 N–H and O–H groups in total. The van der Waals surface area contributed by atoms with Crippen molar-refractivity contribution in [1.29, 1.82) is 0 Å². The number of carbonyl (C=O) groups is 2. The van der Waals surface area contributed by atoms with Gasteiger partial charge in [0.05, 0.1) is 35.6 Å². The first-order valence-corrected chi connectivity index (χ1v) is 8.86. The number of aromatic nitrogens is 3. The van der Waals surface area contributed by atoms with Crippen LogP contribution in [0.5, 0.6) is 0 Å². The molecular formula is C16H21N5O2S. The summed E-state index contributed by atoms with van der Waals surface area (Å²) in [6.07, 6.45) is 3.01. The third-order valence-electron chi connectivity index (χ3n) is 4.10. The van der Waals surface area contributed by atoms with Gasteiger partial charge in [-0.3, -0.25) is 9.59 Å². The van der Waals surface area contributed by atoms with Crippen molar-refractivity contribution in [2.24, 2.45) is 0 Å². The zero-order chi connectivity index (χ0) is 17.1. The molecule has 0 aromatic carbocycles. The summed E-state index contributed by atoms with van der Waals surface area (Å²) in [5.41, 5.74) is 1.73. The van der Waals surface area contributed by atoms with Crippen LogP contribution < -0.4 is 5.32 Å². The second kappa shape index (κ2) is 7.12. The van der Waals surface area contributed by atoms with Crippen molar-refractivity contribution in [3.05, 3.63) is 33.8 Å². The molecule has 128 valence electrons. The number of hydrogen-bond acceptors (Lipinski definition) is 5. The lowest BCUT2D eigenvalue weighted by Gasteiger charge is -2.15. The number of carbonyl (C=O) groups excluding carboxylic acids is 2. The van der Waals surface area contributed by atoms with Gasteiger partial charge in [-0.2, -0.15) is 0 Å². The van der Waals surface area contributed by atoms with Crippen LogP contribution in [-0.4, -0.2) is 44.8 Å². The van der Waals surface area contributed by atoms with Crippen molar-refractivity contribution in [2.45, 2.75) is 39.2 Å². The van der Waals surface area contributed by atoms with Crippen molar-refractivity contribution in [3.63, 3.8) is 0 Å². The van der Waals surface area contributed by atoms with Crippen LogP contribution in [0.15, 0.2) is 11.6 Å². The SMILES string of the molecule is CC(=O)NCc1cnc([C@@H]2CCN(C(=O)Cc3csc(C)n3)C2)[nH]1. The summed E-state index contributed by atoms with van der Waals surface area (Å²) in [7, 11) is 0. The molecule has 0 saturated carbocycles. The van der Waals surface area contributed by atoms with Gasteiger partial charge in [0, 0.05) is 31.3 Å². The number of hydrogen-bond donors (Lipinski definition) is 2. The van der Waals surface area contributed by atoms with Gasteiger partial charge in [0.1, 0.15) is 5.82 Å². The molecule has 3 heterocycles. The molecule has 1 atom stereocenters. The lowest BCUT2D eigenvalue weighted by molar-refractivity contribution is -0.129. The first-order valence-electron chi connectivity index (χ1n) is 7.98. The Morgan fingerprint density at radius 2 is 2.33 bits per heavy atom. The van der Waals surface area contributed by atoms with E-state index in [1.165, 1.54) is 6.92 Å². The summed E-state index contributed by atoms with van der Waals surface area (Å²) in [6, 6.07) is 0. The van der Waals surface area contributed by atoms with Gasteiger partial charge >= 0.3 is 0 Å². The molecule has 0 unspecified atom stereocenters. The van der Waals surface area contributed by atoms with Crippen molar-refractivity contribution < 1.29 is 9.59 Å². The Morgan fingerprint density at radius 1 is 1.50 bits per heavy atom. The summed E-state index contributed by atoms with van der Waals surface area (Å²) in [5, 5.41) is 5.67. The van der Waals surface area contributed by atoms with Gasteiger partial charge in [-0.1, -0.05) is 0 Å². The Kier molecular flexibility index (Phi) is 4.94. The number of imidazole rings is 1. The quantitative estimate of drug-likeness (QED) is 0.855. The Morgan fingerprint density at radius 3 is 3.04 bits per heavy atom. The van der Waals surface area contributed by atoms with Crippen LogP contribution >= 0.6 is 11.3 Å². The van der Waals surface area contributed by atoms with Gasteiger partial charge in [0.15, 0.2) is 0 Å². The minimum Gasteiger partial charge on any atom is -0.351 e. The molecule has 0 bridgehead atoms.